The fraction of sp³-hybridized carbons (Fsp3) is 0.278. The summed E-state index contributed by atoms with van der Waals surface area (Å²) in [5.41, 5.74) is 3.41. The molecule has 0 spiro atoms. The van der Waals surface area contributed by atoms with Gasteiger partial charge in [0, 0.05) is 5.56 Å². The van der Waals surface area contributed by atoms with Crippen molar-refractivity contribution in [1.29, 1.82) is 0 Å². The number of carbonyl (C=O) groups is 1. The van der Waals surface area contributed by atoms with Gasteiger partial charge in [-0.15, -0.1) is 0 Å². The largest absolute Gasteiger partial charge is 0.489 e. The Labute approximate surface area is 126 Å². The van der Waals surface area contributed by atoms with Crippen molar-refractivity contribution < 1.29 is 9.53 Å². The predicted molar refractivity (Wildman–Crippen MR) is 86.1 cm³/mol. The minimum atomic E-state index is -0.115. The highest BCUT2D eigenvalue weighted by Crippen LogP contribution is 2.25. The number of hydrogen-bond donors (Lipinski definition) is 1. The Hall–Kier alpha value is -2.29. The molecule has 0 saturated heterocycles. The van der Waals surface area contributed by atoms with E-state index in [1.54, 1.807) is 0 Å². The van der Waals surface area contributed by atoms with Crippen LogP contribution in [0, 0.1) is 13.8 Å². The second kappa shape index (κ2) is 6.44. The van der Waals surface area contributed by atoms with Crippen molar-refractivity contribution >= 4 is 11.6 Å². The van der Waals surface area contributed by atoms with Crippen LogP contribution in [0.1, 0.15) is 35.3 Å². The molecular formula is C18H21NO2. The third kappa shape index (κ3) is 3.85. The summed E-state index contributed by atoms with van der Waals surface area (Å²) in [6.07, 6.45) is 0.0590. The van der Waals surface area contributed by atoms with Crippen LogP contribution in [-0.4, -0.2) is 12.0 Å². The SMILES string of the molecule is Cc1ccc(C)c(C(=O)Nc2ccccc2OC(C)C)c1. The molecule has 3 heteroatoms. The first kappa shape index (κ1) is 15.1. The molecule has 0 aromatic heterocycles. The number of rotatable bonds is 4. The molecule has 1 amide bonds. The van der Waals surface area contributed by atoms with Gasteiger partial charge in [0.15, 0.2) is 0 Å². The predicted octanol–water partition coefficient (Wildman–Crippen LogP) is 4.34. The van der Waals surface area contributed by atoms with E-state index in [2.05, 4.69) is 5.32 Å². The lowest BCUT2D eigenvalue weighted by Crippen LogP contribution is -2.15. The minimum absolute atomic E-state index is 0.0590. The smallest absolute Gasteiger partial charge is 0.256 e. The molecular weight excluding hydrogens is 262 g/mol. The quantitative estimate of drug-likeness (QED) is 0.906. The van der Waals surface area contributed by atoms with Crippen molar-refractivity contribution in [2.45, 2.75) is 33.8 Å². The molecule has 2 aromatic carbocycles. The first-order valence-electron chi connectivity index (χ1n) is 7.11. The first-order chi connectivity index (χ1) is 9.97. The summed E-state index contributed by atoms with van der Waals surface area (Å²) < 4.78 is 5.72. The summed E-state index contributed by atoms with van der Waals surface area (Å²) in [6.45, 7) is 7.84. The third-order valence-electron chi connectivity index (χ3n) is 3.14. The summed E-state index contributed by atoms with van der Waals surface area (Å²) >= 11 is 0. The zero-order valence-corrected chi connectivity index (χ0v) is 12.9. The molecule has 2 rings (SSSR count). The van der Waals surface area contributed by atoms with Gasteiger partial charge in [0.1, 0.15) is 5.75 Å². The number of carbonyl (C=O) groups excluding carboxylic acids is 1. The average molecular weight is 283 g/mol. The summed E-state index contributed by atoms with van der Waals surface area (Å²) in [7, 11) is 0. The van der Waals surface area contributed by atoms with E-state index in [-0.39, 0.29) is 12.0 Å². The number of benzene rings is 2. The Bertz CT molecular complexity index is 647. The van der Waals surface area contributed by atoms with E-state index in [1.165, 1.54) is 0 Å². The number of hydrogen-bond acceptors (Lipinski definition) is 2. The van der Waals surface area contributed by atoms with Gasteiger partial charge in [-0.2, -0.15) is 0 Å². The molecule has 0 aliphatic rings. The van der Waals surface area contributed by atoms with Gasteiger partial charge in [0.25, 0.3) is 5.91 Å². The van der Waals surface area contributed by atoms with Gasteiger partial charge in [-0.1, -0.05) is 29.8 Å². The number of anilines is 1. The van der Waals surface area contributed by atoms with Gasteiger partial charge < -0.3 is 10.1 Å². The second-order valence-electron chi connectivity index (χ2n) is 5.44. The van der Waals surface area contributed by atoms with Crippen LogP contribution in [0.25, 0.3) is 0 Å². The molecule has 0 radical (unpaired) electrons. The summed E-state index contributed by atoms with van der Waals surface area (Å²) in [4.78, 5) is 12.5. The molecule has 0 aliphatic heterocycles. The van der Waals surface area contributed by atoms with Crippen molar-refractivity contribution in [3.8, 4) is 5.75 Å². The number of aryl methyl sites for hydroxylation is 2. The maximum Gasteiger partial charge on any atom is 0.256 e. The molecule has 0 heterocycles. The summed E-state index contributed by atoms with van der Waals surface area (Å²) in [5, 5.41) is 2.94. The third-order valence-corrected chi connectivity index (χ3v) is 3.14. The van der Waals surface area contributed by atoms with E-state index >= 15 is 0 Å². The second-order valence-corrected chi connectivity index (χ2v) is 5.44. The van der Waals surface area contributed by atoms with Crippen LogP contribution >= 0.6 is 0 Å². The molecule has 0 unspecified atom stereocenters. The maximum atomic E-state index is 12.5. The van der Waals surface area contributed by atoms with Gasteiger partial charge in [-0.3, -0.25) is 4.79 Å². The fourth-order valence-corrected chi connectivity index (χ4v) is 2.10. The van der Waals surface area contributed by atoms with Gasteiger partial charge in [-0.25, -0.2) is 0 Å². The zero-order chi connectivity index (χ0) is 15.4. The van der Waals surface area contributed by atoms with Crippen molar-refractivity contribution in [2.75, 3.05) is 5.32 Å². The Morgan fingerprint density at radius 3 is 2.52 bits per heavy atom. The molecule has 0 bridgehead atoms. The minimum Gasteiger partial charge on any atom is -0.489 e. The van der Waals surface area contributed by atoms with Gasteiger partial charge >= 0.3 is 0 Å². The van der Waals surface area contributed by atoms with Crippen LogP contribution in [0.5, 0.6) is 5.75 Å². The first-order valence-corrected chi connectivity index (χ1v) is 7.11. The highest BCUT2D eigenvalue weighted by molar-refractivity contribution is 6.06. The standard InChI is InChI=1S/C18H21NO2/c1-12(2)21-17-8-6-5-7-16(17)19-18(20)15-11-13(3)9-10-14(15)4/h5-12H,1-4H3,(H,19,20). The van der Waals surface area contributed by atoms with Gasteiger partial charge in [-0.05, 0) is 51.5 Å². The monoisotopic (exact) mass is 283 g/mol. The van der Waals surface area contributed by atoms with Crippen LogP contribution in [-0.2, 0) is 0 Å². The lowest BCUT2D eigenvalue weighted by atomic mass is 10.0. The summed E-state index contributed by atoms with van der Waals surface area (Å²) in [6, 6.07) is 13.3. The number of ether oxygens (including phenoxy) is 1. The number of para-hydroxylation sites is 2. The Morgan fingerprint density at radius 2 is 1.81 bits per heavy atom. The topological polar surface area (TPSA) is 38.3 Å². The summed E-state index contributed by atoms with van der Waals surface area (Å²) in [5.74, 6) is 0.571. The highest BCUT2D eigenvalue weighted by atomic mass is 16.5. The van der Waals surface area contributed by atoms with Crippen molar-refractivity contribution in [3.63, 3.8) is 0 Å². The van der Waals surface area contributed by atoms with Crippen LogP contribution in [0.15, 0.2) is 42.5 Å². The lowest BCUT2D eigenvalue weighted by Gasteiger charge is -2.15. The van der Waals surface area contributed by atoms with E-state index in [9.17, 15) is 4.79 Å². The highest BCUT2D eigenvalue weighted by Gasteiger charge is 2.12. The normalized spacial score (nSPS) is 10.5. The number of amides is 1. The molecule has 110 valence electrons. The molecule has 0 fully saturated rings. The van der Waals surface area contributed by atoms with Crippen LogP contribution < -0.4 is 10.1 Å². The molecule has 1 N–H and O–H groups in total. The van der Waals surface area contributed by atoms with Gasteiger partial charge in [0.2, 0.25) is 0 Å². The van der Waals surface area contributed by atoms with Gasteiger partial charge in [0.05, 0.1) is 11.8 Å². The van der Waals surface area contributed by atoms with Crippen LogP contribution in [0.4, 0.5) is 5.69 Å². The Morgan fingerprint density at radius 1 is 1.10 bits per heavy atom. The van der Waals surface area contributed by atoms with E-state index < -0.39 is 0 Å². The molecule has 21 heavy (non-hydrogen) atoms. The lowest BCUT2D eigenvalue weighted by molar-refractivity contribution is 0.102. The van der Waals surface area contributed by atoms with E-state index in [0.717, 1.165) is 11.1 Å². The number of nitrogens with one attached hydrogen (secondary N) is 1. The van der Waals surface area contributed by atoms with Crippen LogP contribution in [0.2, 0.25) is 0 Å². The molecule has 0 aliphatic carbocycles. The molecule has 2 aromatic rings. The Balaban J connectivity index is 2.25. The Kier molecular flexibility index (Phi) is 4.63. The maximum absolute atomic E-state index is 12.5. The van der Waals surface area contributed by atoms with E-state index in [0.29, 0.717) is 17.0 Å². The zero-order valence-electron chi connectivity index (χ0n) is 12.9. The fourth-order valence-electron chi connectivity index (χ4n) is 2.10. The van der Waals surface area contributed by atoms with Crippen molar-refractivity contribution in [1.82, 2.24) is 0 Å². The van der Waals surface area contributed by atoms with Crippen molar-refractivity contribution in [3.05, 3.63) is 59.2 Å². The van der Waals surface area contributed by atoms with E-state index in [1.807, 2.05) is 70.2 Å². The average Bonchev–Trinajstić information content (AvgIpc) is 2.43. The van der Waals surface area contributed by atoms with Crippen LogP contribution in [0.3, 0.4) is 0 Å². The molecule has 0 saturated carbocycles. The molecule has 0 atom stereocenters. The van der Waals surface area contributed by atoms with Crippen molar-refractivity contribution in [2.24, 2.45) is 0 Å². The molecule has 3 nitrogen and oxygen atoms in total. The van der Waals surface area contributed by atoms with E-state index in [4.69, 9.17) is 4.74 Å².